The van der Waals surface area contributed by atoms with Crippen LogP contribution >= 0.6 is 11.3 Å². The van der Waals surface area contributed by atoms with Gasteiger partial charge in [0.05, 0.1) is 25.4 Å². The quantitative estimate of drug-likeness (QED) is 0.807. The lowest BCUT2D eigenvalue weighted by Crippen LogP contribution is -2.43. The van der Waals surface area contributed by atoms with Crippen LogP contribution in [0.3, 0.4) is 0 Å². The van der Waals surface area contributed by atoms with Crippen molar-refractivity contribution in [1.29, 1.82) is 0 Å². The monoisotopic (exact) mass is 312 g/mol. The maximum atomic E-state index is 12.1. The molecule has 1 aromatic heterocycles. The van der Waals surface area contributed by atoms with E-state index in [1.165, 1.54) is 11.3 Å². The van der Waals surface area contributed by atoms with Crippen molar-refractivity contribution in [2.75, 3.05) is 31.7 Å². The van der Waals surface area contributed by atoms with E-state index >= 15 is 0 Å². The van der Waals surface area contributed by atoms with Crippen molar-refractivity contribution < 1.29 is 19.1 Å². The van der Waals surface area contributed by atoms with Gasteiger partial charge < -0.3 is 20.1 Å². The summed E-state index contributed by atoms with van der Waals surface area (Å²) >= 11 is 1.37. The van der Waals surface area contributed by atoms with E-state index in [1.807, 2.05) is 6.92 Å². The topological polar surface area (TPSA) is 76.7 Å². The van der Waals surface area contributed by atoms with E-state index in [0.717, 1.165) is 11.4 Å². The largest absolute Gasteiger partial charge is 0.462 e. The van der Waals surface area contributed by atoms with Gasteiger partial charge in [-0.2, -0.15) is 0 Å². The molecule has 1 atom stereocenters. The third kappa shape index (κ3) is 4.52. The number of aryl methyl sites for hydroxylation is 1. The molecule has 0 saturated carbocycles. The number of ether oxygens (including phenoxy) is 2. The fourth-order valence-corrected chi connectivity index (χ4v) is 3.04. The molecule has 1 amide bonds. The number of rotatable bonds is 5. The number of anilines is 1. The van der Waals surface area contributed by atoms with Gasteiger partial charge in [0.2, 0.25) is 5.91 Å². The Morgan fingerprint density at radius 3 is 3.05 bits per heavy atom. The molecule has 0 aliphatic carbocycles. The molecule has 1 aliphatic heterocycles. The van der Waals surface area contributed by atoms with E-state index in [2.05, 4.69) is 10.6 Å². The predicted octanol–water partition coefficient (Wildman–Crippen LogP) is 1.55. The van der Waals surface area contributed by atoms with Crippen LogP contribution in [0.25, 0.3) is 0 Å². The summed E-state index contributed by atoms with van der Waals surface area (Å²) in [5.41, 5.74) is 0.417. The number of carbonyl (C=O) groups is 2. The minimum atomic E-state index is -0.406. The predicted molar refractivity (Wildman–Crippen MR) is 80.9 cm³/mol. The molecule has 0 bridgehead atoms. The minimum absolute atomic E-state index is 0.0193. The van der Waals surface area contributed by atoms with E-state index in [-0.39, 0.29) is 11.9 Å². The molecule has 2 heterocycles. The second-order valence-corrected chi connectivity index (χ2v) is 6.05. The van der Waals surface area contributed by atoms with Crippen molar-refractivity contribution in [1.82, 2.24) is 5.32 Å². The van der Waals surface area contributed by atoms with Crippen LogP contribution < -0.4 is 10.6 Å². The molecule has 0 aromatic carbocycles. The molecule has 1 saturated heterocycles. The zero-order valence-corrected chi connectivity index (χ0v) is 13.0. The van der Waals surface area contributed by atoms with Crippen molar-refractivity contribution in [2.45, 2.75) is 26.3 Å². The Kier molecular flexibility index (Phi) is 5.72. The van der Waals surface area contributed by atoms with Gasteiger partial charge in [-0.15, -0.1) is 11.3 Å². The van der Waals surface area contributed by atoms with Crippen LogP contribution in [-0.4, -0.2) is 44.3 Å². The normalized spacial score (nSPS) is 18.3. The van der Waals surface area contributed by atoms with Crippen LogP contribution in [0.4, 0.5) is 5.00 Å². The highest BCUT2D eigenvalue weighted by molar-refractivity contribution is 7.16. The number of thiophene rings is 1. The molecular formula is C14H20N2O4S. The smallest absolute Gasteiger partial charge is 0.341 e. The van der Waals surface area contributed by atoms with Crippen LogP contribution in [0.15, 0.2) is 6.07 Å². The summed E-state index contributed by atoms with van der Waals surface area (Å²) in [5, 5.41) is 6.57. The molecule has 0 spiro atoms. The molecule has 6 nitrogen and oxygen atoms in total. The summed E-state index contributed by atoms with van der Waals surface area (Å²) in [6.07, 6.45) is 0.319. The maximum Gasteiger partial charge on any atom is 0.341 e. The fourth-order valence-electron chi connectivity index (χ4n) is 2.12. The van der Waals surface area contributed by atoms with Crippen LogP contribution in [-0.2, 0) is 14.3 Å². The summed E-state index contributed by atoms with van der Waals surface area (Å²) in [6.45, 7) is 5.91. The summed E-state index contributed by atoms with van der Waals surface area (Å²) in [6, 6.07) is 1.76. The van der Waals surface area contributed by atoms with Crippen LogP contribution in [0, 0.1) is 6.92 Å². The zero-order valence-electron chi connectivity index (χ0n) is 12.2. The molecule has 1 aromatic rings. The first-order chi connectivity index (χ1) is 10.1. The first-order valence-corrected chi connectivity index (χ1v) is 7.80. The number of hydrogen-bond donors (Lipinski definition) is 2. The second kappa shape index (κ2) is 7.53. The second-order valence-electron chi connectivity index (χ2n) is 4.80. The van der Waals surface area contributed by atoms with Crippen molar-refractivity contribution in [3.63, 3.8) is 0 Å². The zero-order chi connectivity index (χ0) is 15.2. The van der Waals surface area contributed by atoms with Crippen molar-refractivity contribution in [3.05, 3.63) is 16.5 Å². The van der Waals surface area contributed by atoms with E-state index in [4.69, 9.17) is 9.47 Å². The summed E-state index contributed by atoms with van der Waals surface area (Å²) < 4.78 is 10.3. The first kappa shape index (κ1) is 15.9. The van der Waals surface area contributed by atoms with Gasteiger partial charge in [0.25, 0.3) is 0 Å². The third-order valence-corrected chi connectivity index (χ3v) is 4.00. The lowest BCUT2D eigenvalue weighted by atomic mass is 10.2. The number of nitrogens with one attached hydrogen (secondary N) is 2. The molecule has 2 N–H and O–H groups in total. The van der Waals surface area contributed by atoms with Crippen LogP contribution in [0.1, 0.15) is 28.6 Å². The fraction of sp³-hybridized carbons (Fsp3) is 0.571. The highest BCUT2D eigenvalue weighted by Crippen LogP contribution is 2.28. The minimum Gasteiger partial charge on any atom is -0.462 e. The van der Waals surface area contributed by atoms with Crippen LogP contribution in [0.5, 0.6) is 0 Å². The highest BCUT2D eigenvalue weighted by Gasteiger charge is 2.21. The van der Waals surface area contributed by atoms with E-state index in [0.29, 0.717) is 36.8 Å². The number of esters is 1. The van der Waals surface area contributed by atoms with Crippen LogP contribution in [0.2, 0.25) is 0 Å². The average Bonchev–Trinajstić information content (AvgIpc) is 2.81. The number of amides is 1. The molecule has 7 heteroatoms. The first-order valence-electron chi connectivity index (χ1n) is 6.98. The number of hydrogen-bond acceptors (Lipinski definition) is 6. The van der Waals surface area contributed by atoms with Crippen molar-refractivity contribution in [2.24, 2.45) is 0 Å². The van der Waals surface area contributed by atoms with Crippen molar-refractivity contribution in [3.8, 4) is 0 Å². The molecule has 1 aliphatic rings. The molecule has 1 unspecified atom stereocenters. The third-order valence-electron chi connectivity index (χ3n) is 3.03. The molecule has 21 heavy (non-hydrogen) atoms. The van der Waals surface area contributed by atoms with Gasteiger partial charge in [0.15, 0.2) is 0 Å². The molecule has 0 radical (unpaired) electrons. The van der Waals surface area contributed by atoms with Gasteiger partial charge in [-0.25, -0.2) is 4.79 Å². The maximum absolute atomic E-state index is 12.1. The molecular weight excluding hydrogens is 292 g/mol. The molecule has 1 fully saturated rings. The van der Waals surface area contributed by atoms with Gasteiger partial charge in [-0.3, -0.25) is 4.79 Å². The lowest BCUT2D eigenvalue weighted by Gasteiger charge is -2.23. The Balaban J connectivity index is 1.98. The summed E-state index contributed by atoms with van der Waals surface area (Å²) in [5.74, 6) is -0.540. The Bertz CT molecular complexity index is 509. The van der Waals surface area contributed by atoms with Gasteiger partial charge in [-0.1, -0.05) is 0 Å². The number of carbonyl (C=O) groups excluding carboxylic acids is 2. The Hall–Kier alpha value is -1.44. The van der Waals surface area contributed by atoms with Crippen molar-refractivity contribution >= 4 is 28.2 Å². The summed E-state index contributed by atoms with van der Waals surface area (Å²) in [7, 11) is 0. The average molecular weight is 312 g/mol. The Labute approximate surface area is 127 Å². The Morgan fingerprint density at radius 1 is 1.57 bits per heavy atom. The molecule has 116 valence electrons. The Morgan fingerprint density at radius 2 is 2.38 bits per heavy atom. The highest BCUT2D eigenvalue weighted by atomic mass is 32.1. The van der Waals surface area contributed by atoms with E-state index in [9.17, 15) is 9.59 Å². The lowest BCUT2D eigenvalue weighted by molar-refractivity contribution is -0.117. The summed E-state index contributed by atoms with van der Waals surface area (Å²) in [4.78, 5) is 24.9. The van der Waals surface area contributed by atoms with Gasteiger partial charge in [-0.05, 0) is 19.9 Å². The van der Waals surface area contributed by atoms with E-state index in [1.54, 1.807) is 13.0 Å². The van der Waals surface area contributed by atoms with Gasteiger partial charge in [0.1, 0.15) is 5.00 Å². The van der Waals surface area contributed by atoms with Gasteiger partial charge in [0, 0.05) is 23.9 Å². The van der Waals surface area contributed by atoms with Gasteiger partial charge >= 0.3 is 5.97 Å². The SMILES string of the molecule is CCOC(=O)c1cc(C)sc1NC(=O)CC1COCCN1. The standard InChI is InChI=1S/C14H20N2O4S/c1-3-20-14(18)11-6-9(2)21-13(11)16-12(17)7-10-8-19-5-4-15-10/h6,10,15H,3-5,7-8H2,1-2H3,(H,16,17). The molecule has 2 rings (SSSR count). The number of morpholine rings is 1. The van der Waals surface area contributed by atoms with E-state index < -0.39 is 5.97 Å².